The smallest absolute Gasteiger partial charge is 0.263 e. The van der Waals surface area contributed by atoms with Crippen LogP contribution in [-0.4, -0.2) is 15.3 Å². The van der Waals surface area contributed by atoms with Gasteiger partial charge in [0.2, 0.25) is 0 Å². The molecule has 0 unspecified atom stereocenters. The Hall–Kier alpha value is -1.79. The Balaban J connectivity index is 2.24. The number of ketones is 1. The van der Waals surface area contributed by atoms with Crippen molar-refractivity contribution in [3.63, 3.8) is 0 Å². The summed E-state index contributed by atoms with van der Waals surface area (Å²) in [5.74, 6) is -0.0583. The van der Waals surface area contributed by atoms with E-state index in [0.717, 1.165) is 15.3 Å². The number of fused-ring (bicyclic) bond motifs is 1. The van der Waals surface area contributed by atoms with Crippen LogP contribution in [0.4, 0.5) is 0 Å². The molecule has 0 aliphatic heterocycles. The van der Waals surface area contributed by atoms with Crippen molar-refractivity contribution in [1.82, 2.24) is 9.55 Å². The Labute approximate surface area is 123 Å². The fourth-order valence-corrected chi connectivity index (χ4v) is 3.94. The van der Waals surface area contributed by atoms with E-state index in [1.165, 1.54) is 34.0 Å². The molecule has 0 fully saturated rings. The van der Waals surface area contributed by atoms with Gasteiger partial charge in [0, 0.05) is 20.7 Å². The van der Waals surface area contributed by atoms with Crippen molar-refractivity contribution in [3.8, 4) is 10.4 Å². The molecule has 0 atom stereocenters. The Bertz CT molecular complexity index is 858. The van der Waals surface area contributed by atoms with Gasteiger partial charge >= 0.3 is 0 Å². The van der Waals surface area contributed by atoms with Gasteiger partial charge in [0.05, 0.1) is 18.3 Å². The number of nitrogens with zero attached hydrogens (tertiary/aromatic N) is 2. The summed E-state index contributed by atoms with van der Waals surface area (Å²) in [7, 11) is 0. The standard InChI is InChI=1S/C14H12N2O2S2/c1-8(17)5-16-7-15-13-12(14(16)18)10(6-19-13)11-4-3-9(2)20-11/h3-4,6-7H,5H2,1-2H3. The summed E-state index contributed by atoms with van der Waals surface area (Å²) < 4.78 is 1.38. The lowest BCUT2D eigenvalue weighted by Gasteiger charge is -2.02. The maximum absolute atomic E-state index is 12.5. The second kappa shape index (κ2) is 4.96. The van der Waals surface area contributed by atoms with Crippen molar-refractivity contribution in [2.75, 3.05) is 0 Å². The van der Waals surface area contributed by atoms with Crippen LogP contribution in [-0.2, 0) is 11.3 Å². The number of carbonyl (C=O) groups is 1. The van der Waals surface area contributed by atoms with E-state index >= 15 is 0 Å². The number of rotatable bonds is 3. The SMILES string of the molecule is CC(=O)Cn1cnc2scc(-c3ccc(C)s3)c2c1=O. The predicted molar refractivity (Wildman–Crippen MR) is 82.6 cm³/mol. The minimum Gasteiger partial charge on any atom is -0.298 e. The second-order valence-corrected chi connectivity index (χ2v) is 6.77. The zero-order valence-electron chi connectivity index (χ0n) is 11.0. The fourth-order valence-electron chi connectivity index (χ4n) is 2.08. The van der Waals surface area contributed by atoms with Crippen molar-refractivity contribution in [3.05, 3.63) is 39.1 Å². The highest BCUT2D eigenvalue weighted by Gasteiger charge is 2.14. The molecule has 3 rings (SSSR count). The summed E-state index contributed by atoms with van der Waals surface area (Å²) >= 11 is 3.11. The number of aryl methyl sites for hydroxylation is 1. The number of thiophene rings is 2. The highest BCUT2D eigenvalue weighted by atomic mass is 32.1. The third-order valence-electron chi connectivity index (χ3n) is 2.96. The van der Waals surface area contributed by atoms with Gasteiger partial charge < -0.3 is 0 Å². The number of Topliss-reactive ketones (excluding diaryl/α,β-unsaturated/α-hetero) is 1. The van der Waals surface area contributed by atoms with Crippen LogP contribution in [0, 0.1) is 6.92 Å². The first-order valence-electron chi connectivity index (χ1n) is 6.09. The highest BCUT2D eigenvalue weighted by molar-refractivity contribution is 7.19. The van der Waals surface area contributed by atoms with Crippen LogP contribution < -0.4 is 5.56 Å². The molecular formula is C14H12N2O2S2. The maximum Gasteiger partial charge on any atom is 0.263 e. The van der Waals surface area contributed by atoms with Crippen LogP contribution in [0.5, 0.6) is 0 Å². The quantitative estimate of drug-likeness (QED) is 0.747. The molecule has 3 heterocycles. The Kier molecular flexibility index (Phi) is 3.27. The third-order valence-corrected chi connectivity index (χ3v) is 4.88. The second-order valence-electron chi connectivity index (χ2n) is 4.62. The van der Waals surface area contributed by atoms with Crippen LogP contribution in [0.15, 0.2) is 28.6 Å². The molecule has 3 aromatic rings. The van der Waals surface area contributed by atoms with Gasteiger partial charge in [0.15, 0.2) is 0 Å². The van der Waals surface area contributed by atoms with Gasteiger partial charge in [-0.15, -0.1) is 22.7 Å². The Morgan fingerprint density at radius 3 is 2.85 bits per heavy atom. The van der Waals surface area contributed by atoms with Crippen LogP contribution in [0.2, 0.25) is 0 Å². The Morgan fingerprint density at radius 1 is 1.40 bits per heavy atom. The van der Waals surface area contributed by atoms with Crippen LogP contribution in [0.25, 0.3) is 20.7 Å². The van der Waals surface area contributed by atoms with Gasteiger partial charge in [-0.25, -0.2) is 4.98 Å². The van der Waals surface area contributed by atoms with Crippen LogP contribution in [0.3, 0.4) is 0 Å². The molecule has 0 radical (unpaired) electrons. The molecule has 20 heavy (non-hydrogen) atoms. The van der Waals surface area contributed by atoms with Gasteiger partial charge in [-0.05, 0) is 26.0 Å². The average molecular weight is 304 g/mol. The van der Waals surface area contributed by atoms with Gasteiger partial charge in [0.25, 0.3) is 5.56 Å². The van der Waals surface area contributed by atoms with Gasteiger partial charge in [-0.3, -0.25) is 14.2 Å². The van der Waals surface area contributed by atoms with Gasteiger partial charge in [-0.2, -0.15) is 0 Å². The summed E-state index contributed by atoms with van der Waals surface area (Å²) in [5, 5.41) is 2.57. The highest BCUT2D eigenvalue weighted by Crippen LogP contribution is 2.34. The van der Waals surface area contributed by atoms with Crippen molar-refractivity contribution in [2.45, 2.75) is 20.4 Å². The number of hydrogen-bond acceptors (Lipinski definition) is 5. The molecular weight excluding hydrogens is 292 g/mol. The van der Waals surface area contributed by atoms with Crippen molar-refractivity contribution in [2.24, 2.45) is 0 Å². The minimum absolute atomic E-state index is 0.0583. The van der Waals surface area contributed by atoms with Crippen LogP contribution in [0.1, 0.15) is 11.8 Å². The van der Waals surface area contributed by atoms with E-state index in [1.54, 1.807) is 11.3 Å². The molecule has 0 saturated carbocycles. The molecule has 6 heteroatoms. The van der Waals surface area contributed by atoms with Gasteiger partial charge in [-0.1, -0.05) is 0 Å². The third kappa shape index (κ3) is 2.21. The Morgan fingerprint density at radius 2 is 2.20 bits per heavy atom. The lowest BCUT2D eigenvalue weighted by Crippen LogP contribution is -2.23. The van der Waals surface area contributed by atoms with Crippen molar-refractivity contribution < 1.29 is 4.79 Å². The minimum atomic E-state index is -0.146. The monoisotopic (exact) mass is 304 g/mol. The summed E-state index contributed by atoms with van der Waals surface area (Å²) in [6.45, 7) is 3.57. The predicted octanol–water partition coefficient (Wildman–Crippen LogP) is 3.08. The van der Waals surface area contributed by atoms with Crippen molar-refractivity contribution in [1.29, 1.82) is 0 Å². The molecule has 0 amide bonds. The topological polar surface area (TPSA) is 52.0 Å². The van der Waals surface area contributed by atoms with Crippen molar-refractivity contribution >= 4 is 38.7 Å². The first-order chi connectivity index (χ1) is 9.56. The molecule has 0 aromatic carbocycles. The molecule has 0 aliphatic carbocycles. The molecule has 0 aliphatic rings. The largest absolute Gasteiger partial charge is 0.298 e. The summed E-state index contributed by atoms with van der Waals surface area (Å²) in [4.78, 5) is 31.0. The van der Waals surface area contributed by atoms with E-state index in [2.05, 4.69) is 4.98 Å². The van der Waals surface area contributed by atoms with E-state index < -0.39 is 0 Å². The lowest BCUT2D eigenvalue weighted by molar-refractivity contribution is -0.117. The van der Waals surface area contributed by atoms with E-state index in [0.29, 0.717) is 5.39 Å². The van der Waals surface area contributed by atoms with E-state index in [1.807, 2.05) is 24.4 Å². The number of hydrogen-bond donors (Lipinski definition) is 0. The summed E-state index contributed by atoms with van der Waals surface area (Å²) in [5.41, 5.74) is 0.769. The summed E-state index contributed by atoms with van der Waals surface area (Å²) in [6, 6.07) is 4.05. The zero-order chi connectivity index (χ0) is 14.3. The first kappa shape index (κ1) is 13.2. The number of carbonyl (C=O) groups excluding carboxylic acids is 1. The average Bonchev–Trinajstić information content (AvgIpc) is 2.98. The number of aromatic nitrogens is 2. The molecule has 0 saturated heterocycles. The zero-order valence-corrected chi connectivity index (χ0v) is 12.7. The molecule has 0 N–H and O–H groups in total. The maximum atomic E-state index is 12.5. The molecule has 3 aromatic heterocycles. The van der Waals surface area contributed by atoms with E-state index in [4.69, 9.17) is 0 Å². The molecule has 4 nitrogen and oxygen atoms in total. The molecule has 0 bridgehead atoms. The molecule has 0 spiro atoms. The van der Waals surface area contributed by atoms with E-state index in [-0.39, 0.29) is 17.9 Å². The first-order valence-corrected chi connectivity index (χ1v) is 7.79. The lowest BCUT2D eigenvalue weighted by atomic mass is 10.2. The summed E-state index contributed by atoms with van der Waals surface area (Å²) in [6.07, 6.45) is 1.45. The van der Waals surface area contributed by atoms with Gasteiger partial charge in [0.1, 0.15) is 10.6 Å². The van der Waals surface area contributed by atoms with Crippen LogP contribution >= 0.6 is 22.7 Å². The normalized spacial score (nSPS) is 11.1. The fraction of sp³-hybridized carbons (Fsp3) is 0.214. The molecule has 102 valence electrons. The van der Waals surface area contributed by atoms with E-state index in [9.17, 15) is 9.59 Å².